The minimum absolute atomic E-state index is 0.151. The number of rotatable bonds is 5. The molecular formula is C14H21NO8. The normalized spacial score (nSPS) is 31.3. The summed E-state index contributed by atoms with van der Waals surface area (Å²) in [7, 11) is 0. The lowest BCUT2D eigenvalue weighted by molar-refractivity contribution is -0.304. The van der Waals surface area contributed by atoms with Crippen molar-refractivity contribution in [2.75, 3.05) is 6.61 Å². The predicted octanol–water partition coefficient (Wildman–Crippen LogP) is -2.10. The van der Waals surface area contributed by atoms with Crippen molar-refractivity contribution >= 4 is 0 Å². The molecule has 0 bridgehead atoms. The molecule has 130 valence electrons. The lowest BCUT2D eigenvalue weighted by Gasteiger charge is -2.39. The van der Waals surface area contributed by atoms with Crippen LogP contribution >= 0.6 is 0 Å². The fourth-order valence-corrected chi connectivity index (χ4v) is 2.36. The van der Waals surface area contributed by atoms with Gasteiger partial charge in [-0.25, -0.2) is 0 Å². The summed E-state index contributed by atoms with van der Waals surface area (Å²) in [5.74, 6) is -0.151. The van der Waals surface area contributed by atoms with E-state index >= 15 is 0 Å². The second-order valence-corrected chi connectivity index (χ2v) is 5.36. The zero-order valence-electron chi connectivity index (χ0n) is 12.5. The van der Waals surface area contributed by atoms with E-state index in [4.69, 9.17) is 14.6 Å². The first-order valence-corrected chi connectivity index (χ1v) is 7.10. The van der Waals surface area contributed by atoms with E-state index in [1.165, 1.54) is 6.20 Å². The number of aliphatic hydroxyl groups is 5. The summed E-state index contributed by atoms with van der Waals surface area (Å²) in [5.41, 5.74) is 0.972. The number of ether oxygens (including phenoxy) is 2. The number of hydrogen-bond acceptors (Lipinski definition) is 9. The lowest BCUT2D eigenvalue weighted by atomic mass is 9.99. The number of aliphatic hydroxyl groups excluding tert-OH is 5. The van der Waals surface area contributed by atoms with Crippen molar-refractivity contribution in [1.29, 1.82) is 0 Å². The van der Waals surface area contributed by atoms with Gasteiger partial charge in [-0.15, -0.1) is 0 Å². The first kappa shape index (κ1) is 18.0. The van der Waals surface area contributed by atoms with Crippen LogP contribution in [0.2, 0.25) is 0 Å². The van der Waals surface area contributed by atoms with E-state index in [1.54, 1.807) is 6.92 Å². The number of aromatic nitrogens is 1. The number of aryl methyl sites for hydroxylation is 1. The van der Waals surface area contributed by atoms with Crippen molar-refractivity contribution < 1.29 is 40.1 Å². The molecule has 2 heterocycles. The monoisotopic (exact) mass is 331 g/mol. The molecule has 9 nitrogen and oxygen atoms in total. The van der Waals surface area contributed by atoms with E-state index in [9.17, 15) is 25.5 Å². The lowest BCUT2D eigenvalue weighted by Crippen LogP contribution is -2.59. The van der Waals surface area contributed by atoms with Gasteiger partial charge in [-0.3, -0.25) is 4.98 Å². The molecule has 5 atom stereocenters. The number of nitrogens with zero attached hydrogens (tertiary/aromatic N) is 1. The van der Waals surface area contributed by atoms with Crippen LogP contribution in [0.4, 0.5) is 0 Å². The summed E-state index contributed by atoms with van der Waals surface area (Å²) in [6.07, 6.45) is -5.47. The van der Waals surface area contributed by atoms with Gasteiger partial charge in [0.05, 0.1) is 25.5 Å². The molecule has 1 saturated heterocycles. The Morgan fingerprint density at radius 3 is 2.48 bits per heavy atom. The van der Waals surface area contributed by atoms with Gasteiger partial charge in [-0.05, 0) is 6.92 Å². The summed E-state index contributed by atoms with van der Waals surface area (Å²) in [6.45, 7) is 0.429. The van der Waals surface area contributed by atoms with Crippen molar-refractivity contribution in [3.05, 3.63) is 23.0 Å². The van der Waals surface area contributed by atoms with E-state index in [0.717, 1.165) is 0 Å². The van der Waals surface area contributed by atoms with Gasteiger partial charge in [0.15, 0.2) is 6.29 Å². The molecule has 1 aliphatic rings. The molecule has 0 spiro atoms. The van der Waals surface area contributed by atoms with Crippen LogP contribution in [0, 0.1) is 6.92 Å². The Hall–Kier alpha value is -1.33. The van der Waals surface area contributed by atoms with E-state index < -0.39 is 43.9 Å². The summed E-state index contributed by atoms with van der Waals surface area (Å²) < 4.78 is 10.6. The van der Waals surface area contributed by atoms with Crippen molar-refractivity contribution in [3.63, 3.8) is 0 Å². The molecule has 1 aromatic rings. The Bertz CT molecular complexity index is 538. The van der Waals surface area contributed by atoms with Crippen molar-refractivity contribution in [2.24, 2.45) is 0 Å². The van der Waals surface area contributed by atoms with E-state index in [2.05, 4.69) is 4.98 Å². The largest absolute Gasteiger partial charge is 0.506 e. The molecular weight excluding hydrogens is 310 g/mol. The van der Waals surface area contributed by atoms with Crippen LogP contribution in [0.3, 0.4) is 0 Å². The van der Waals surface area contributed by atoms with Gasteiger partial charge < -0.3 is 40.1 Å². The highest BCUT2D eigenvalue weighted by molar-refractivity contribution is 5.39. The first-order valence-electron chi connectivity index (χ1n) is 7.10. The van der Waals surface area contributed by atoms with Crippen molar-refractivity contribution in [3.8, 4) is 5.75 Å². The van der Waals surface area contributed by atoms with Gasteiger partial charge >= 0.3 is 0 Å². The van der Waals surface area contributed by atoms with E-state index in [0.29, 0.717) is 11.3 Å². The van der Waals surface area contributed by atoms with Crippen molar-refractivity contribution in [2.45, 2.75) is 50.8 Å². The van der Waals surface area contributed by atoms with E-state index in [-0.39, 0.29) is 17.9 Å². The zero-order chi connectivity index (χ0) is 17.1. The fraction of sp³-hybridized carbons (Fsp3) is 0.643. The highest BCUT2D eigenvalue weighted by Gasteiger charge is 2.44. The Morgan fingerprint density at radius 1 is 1.17 bits per heavy atom. The van der Waals surface area contributed by atoms with Gasteiger partial charge in [0.1, 0.15) is 30.2 Å². The van der Waals surface area contributed by atoms with Crippen LogP contribution in [-0.2, 0) is 22.7 Å². The molecule has 23 heavy (non-hydrogen) atoms. The Morgan fingerprint density at radius 2 is 1.87 bits per heavy atom. The minimum Gasteiger partial charge on any atom is -0.506 e. The predicted molar refractivity (Wildman–Crippen MR) is 75.1 cm³/mol. The summed E-state index contributed by atoms with van der Waals surface area (Å²) in [6, 6.07) is 0. The maximum Gasteiger partial charge on any atom is 0.187 e. The third-order valence-electron chi connectivity index (χ3n) is 3.84. The average Bonchev–Trinajstić information content (AvgIpc) is 2.55. The first-order chi connectivity index (χ1) is 10.9. The smallest absolute Gasteiger partial charge is 0.187 e. The number of pyridine rings is 1. The Kier molecular flexibility index (Phi) is 5.87. The second kappa shape index (κ2) is 7.49. The zero-order valence-corrected chi connectivity index (χ0v) is 12.5. The molecule has 1 unspecified atom stereocenters. The van der Waals surface area contributed by atoms with Crippen LogP contribution in [0.15, 0.2) is 6.20 Å². The fourth-order valence-electron chi connectivity index (χ4n) is 2.36. The van der Waals surface area contributed by atoms with Crippen LogP contribution in [0.1, 0.15) is 16.8 Å². The highest BCUT2D eigenvalue weighted by Crippen LogP contribution is 2.26. The van der Waals surface area contributed by atoms with Gasteiger partial charge in [-0.1, -0.05) is 0 Å². The van der Waals surface area contributed by atoms with Crippen molar-refractivity contribution in [1.82, 2.24) is 4.98 Å². The van der Waals surface area contributed by atoms with Crippen LogP contribution < -0.4 is 0 Å². The molecule has 2 rings (SSSR count). The average molecular weight is 331 g/mol. The summed E-state index contributed by atoms with van der Waals surface area (Å²) in [4.78, 5) is 3.95. The molecule has 6 N–H and O–H groups in total. The van der Waals surface area contributed by atoms with Gasteiger partial charge in [0.25, 0.3) is 0 Å². The Balaban J connectivity index is 2.10. The molecule has 1 aromatic heterocycles. The number of hydrogen-bond donors (Lipinski definition) is 6. The SMILES string of the molecule is Cc1ncc(COC2O[C@@H](CO)[C@H](O)[C@@H](O)[C@@H]2O)c(CO)c1O. The third kappa shape index (κ3) is 3.61. The molecule has 0 saturated carbocycles. The van der Waals surface area contributed by atoms with Crippen LogP contribution in [-0.4, -0.2) is 72.9 Å². The highest BCUT2D eigenvalue weighted by atomic mass is 16.7. The maximum atomic E-state index is 9.87. The van der Waals surface area contributed by atoms with Gasteiger partial charge in [0.2, 0.25) is 0 Å². The van der Waals surface area contributed by atoms with Crippen LogP contribution in [0.25, 0.3) is 0 Å². The molecule has 1 fully saturated rings. The molecule has 1 aliphatic heterocycles. The van der Waals surface area contributed by atoms with Crippen LogP contribution in [0.5, 0.6) is 5.75 Å². The molecule has 0 aliphatic carbocycles. The van der Waals surface area contributed by atoms with E-state index in [1.807, 2.05) is 0 Å². The number of aromatic hydroxyl groups is 1. The Labute approximate surface area is 132 Å². The quantitative estimate of drug-likeness (QED) is 0.356. The molecule has 0 radical (unpaired) electrons. The minimum atomic E-state index is -1.53. The molecule has 0 amide bonds. The summed E-state index contributed by atoms with van der Waals surface area (Å²) in [5, 5.41) is 57.5. The molecule has 9 heteroatoms. The topological polar surface area (TPSA) is 153 Å². The molecule has 0 aromatic carbocycles. The standard InChI is InChI=1S/C14H21NO8/c1-6-10(18)8(3-16)7(2-15-6)5-22-14-13(21)12(20)11(19)9(4-17)23-14/h2,9,11-14,16-21H,3-5H2,1H3/t9-,11-,12+,13-,14?/m0/s1. The van der Waals surface area contributed by atoms with Gasteiger partial charge in [-0.2, -0.15) is 0 Å². The maximum absolute atomic E-state index is 9.87. The van der Waals surface area contributed by atoms with Gasteiger partial charge in [0, 0.05) is 17.3 Å². The second-order valence-electron chi connectivity index (χ2n) is 5.36. The summed E-state index contributed by atoms with van der Waals surface area (Å²) >= 11 is 0. The third-order valence-corrected chi connectivity index (χ3v) is 3.84.